The van der Waals surface area contributed by atoms with Gasteiger partial charge in [-0.2, -0.15) is 5.26 Å². The fraction of sp³-hybridized carbons (Fsp3) is 0.211. The number of para-hydroxylation sites is 1. The topological polar surface area (TPSA) is 85.2 Å². The summed E-state index contributed by atoms with van der Waals surface area (Å²) in [5, 5.41) is 14.3. The zero-order valence-electron chi connectivity index (χ0n) is 14.5. The van der Waals surface area contributed by atoms with Gasteiger partial charge in [0.25, 0.3) is 0 Å². The van der Waals surface area contributed by atoms with Crippen molar-refractivity contribution < 1.29 is 14.0 Å². The molecular weight excluding hydrogens is 335 g/mol. The zero-order chi connectivity index (χ0) is 19.1. The standard InChI is InChI=1S/C19H19FN4O2/c1-13(19(26)23-17-9-4-3-6-14(17)11-21)24(2)12-18(25)22-16-8-5-7-15(20)10-16/h3-10,13H,12H2,1-2H3,(H,22,25)(H,23,26)/t13-/m0/s1. The van der Waals surface area contributed by atoms with E-state index in [2.05, 4.69) is 10.6 Å². The van der Waals surface area contributed by atoms with Crippen molar-refractivity contribution in [2.75, 3.05) is 24.2 Å². The molecule has 2 aromatic rings. The van der Waals surface area contributed by atoms with Crippen LogP contribution in [0.4, 0.5) is 15.8 Å². The van der Waals surface area contributed by atoms with E-state index >= 15 is 0 Å². The Morgan fingerprint density at radius 1 is 1.19 bits per heavy atom. The highest BCUT2D eigenvalue weighted by Crippen LogP contribution is 2.14. The average molecular weight is 354 g/mol. The quantitative estimate of drug-likeness (QED) is 0.835. The van der Waals surface area contributed by atoms with Crippen LogP contribution in [0.5, 0.6) is 0 Å². The number of hydrogen-bond acceptors (Lipinski definition) is 4. The number of amides is 2. The molecule has 134 valence electrons. The lowest BCUT2D eigenvalue weighted by atomic mass is 10.2. The van der Waals surface area contributed by atoms with E-state index in [-0.39, 0.29) is 18.4 Å². The summed E-state index contributed by atoms with van der Waals surface area (Å²) in [7, 11) is 1.63. The van der Waals surface area contributed by atoms with Crippen molar-refractivity contribution >= 4 is 23.2 Å². The number of anilines is 2. The maximum atomic E-state index is 13.1. The number of nitrogens with one attached hydrogen (secondary N) is 2. The van der Waals surface area contributed by atoms with Gasteiger partial charge in [0.2, 0.25) is 11.8 Å². The molecular formula is C19H19FN4O2. The third-order valence-electron chi connectivity index (χ3n) is 3.85. The molecule has 0 aliphatic carbocycles. The van der Waals surface area contributed by atoms with Crippen LogP contribution in [0.1, 0.15) is 12.5 Å². The largest absolute Gasteiger partial charge is 0.325 e. The molecule has 26 heavy (non-hydrogen) atoms. The fourth-order valence-corrected chi connectivity index (χ4v) is 2.26. The summed E-state index contributed by atoms with van der Waals surface area (Å²) in [6.45, 7) is 1.60. The van der Waals surface area contributed by atoms with Crippen molar-refractivity contribution in [1.82, 2.24) is 4.90 Å². The molecule has 2 N–H and O–H groups in total. The first-order valence-corrected chi connectivity index (χ1v) is 7.96. The van der Waals surface area contributed by atoms with E-state index in [9.17, 15) is 14.0 Å². The van der Waals surface area contributed by atoms with E-state index in [4.69, 9.17) is 5.26 Å². The van der Waals surface area contributed by atoms with Gasteiger partial charge in [-0.05, 0) is 44.3 Å². The number of carbonyl (C=O) groups excluding carboxylic acids is 2. The van der Waals surface area contributed by atoms with Crippen molar-refractivity contribution in [3.05, 3.63) is 59.9 Å². The molecule has 0 radical (unpaired) electrons. The Labute approximate surface area is 151 Å². The second-order valence-corrected chi connectivity index (χ2v) is 5.80. The summed E-state index contributed by atoms with van der Waals surface area (Å²) in [4.78, 5) is 26.0. The van der Waals surface area contributed by atoms with Crippen LogP contribution in [0.15, 0.2) is 48.5 Å². The van der Waals surface area contributed by atoms with E-state index in [1.54, 1.807) is 49.2 Å². The van der Waals surface area contributed by atoms with Crippen LogP contribution in [0.25, 0.3) is 0 Å². The SMILES string of the molecule is C[C@@H](C(=O)Nc1ccccc1C#N)N(C)CC(=O)Nc1cccc(F)c1. The number of carbonyl (C=O) groups is 2. The highest BCUT2D eigenvalue weighted by molar-refractivity contribution is 5.97. The lowest BCUT2D eigenvalue weighted by molar-refractivity contribution is -0.122. The van der Waals surface area contributed by atoms with Crippen molar-refractivity contribution in [2.45, 2.75) is 13.0 Å². The Morgan fingerprint density at radius 2 is 1.92 bits per heavy atom. The molecule has 0 aliphatic heterocycles. The van der Waals surface area contributed by atoms with E-state index in [1.165, 1.54) is 18.2 Å². The maximum absolute atomic E-state index is 13.1. The van der Waals surface area contributed by atoms with Crippen LogP contribution in [0.2, 0.25) is 0 Å². The minimum atomic E-state index is -0.611. The molecule has 2 rings (SSSR count). The van der Waals surface area contributed by atoms with Crippen molar-refractivity contribution in [2.24, 2.45) is 0 Å². The molecule has 0 heterocycles. The Bertz CT molecular complexity index is 847. The Balaban J connectivity index is 1.93. The monoisotopic (exact) mass is 354 g/mol. The van der Waals surface area contributed by atoms with Gasteiger partial charge in [-0.15, -0.1) is 0 Å². The molecule has 0 fully saturated rings. The summed E-state index contributed by atoms with van der Waals surface area (Å²) in [6.07, 6.45) is 0. The number of hydrogen-bond donors (Lipinski definition) is 2. The first kappa shape index (κ1) is 19.1. The molecule has 0 bridgehead atoms. The molecule has 7 heteroatoms. The first-order chi connectivity index (χ1) is 12.4. The van der Waals surface area contributed by atoms with Gasteiger partial charge in [0.05, 0.1) is 23.8 Å². The highest BCUT2D eigenvalue weighted by atomic mass is 19.1. The normalized spacial score (nSPS) is 11.5. The molecule has 0 unspecified atom stereocenters. The number of likely N-dealkylation sites (N-methyl/N-ethyl adjacent to an activating group) is 1. The number of nitriles is 1. The van der Waals surface area contributed by atoms with Gasteiger partial charge in [-0.3, -0.25) is 14.5 Å². The van der Waals surface area contributed by atoms with Crippen LogP contribution in [0.3, 0.4) is 0 Å². The number of benzene rings is 2. The van der Waals surface area contributed by atoms with Crippen LogP contribution in [-0.2, 0) is 9.59 Å². The molecule has 0 saturated carbocycles. The van der Waals surface area contributed by atoms with Crippen LogP contribution < -0.4 is 10.6 Å². The van der Waals surface area contributed by atoms with Gasteiger partial charge < -0.3 is 10.6 Å². The molecule has 0 spiro atoms. The van der Waals surface area contributed by atoms with E-state index in [1.807, 2.05) is 6.07 Å². The van der Waals surface area contributed by atoms with Crippen molar-refractivity contribution in [1.29, 1.82) is 5.26 Å². The predicted octanol–water partition coefficient (Wildman–Crippen LogP) is 2.59. The van der Waals surface area contributed by atoms with E-state index in [0.29, 0.717) is 16.9 Å². The lowest BCUT2D eigenvalue weighted by Gasteiger charge is -2.23. The van der Waals surface area contributed by atoms with Gasteiger partial charge in [0.15, 0.2) is 0 Å². The third-order valence-corrected chi connectivity index (χ3v) is 3.85. The number of halogens is 1. The number of rotatable bonds is 6. The third kappa shape index (κ3) is 5.13. The summed E-state index contributed by atoms with van der Waals surface area (Å²) >= 11 is 0. The van der Waals surface area contributed by atoms with Gasteiger partial charge in [-0.25, -0.2) is 4.39 Å². The van der Waals surface area contributed by atoms with Gasteiger partial charge >= 0.3 is 0 Å². The van der Waals surface area contributed by atoms with Gasteiger partial charge in [0.1, 0.15) is 11.9 Å². The first-order valence-electron chi connectivity index (χ1n) is 7.96. The van der Waals surface area contributed by atoms with Gasteiger partial charge in [-0.1, -0.05) is 18.2 Å². The Kier molecular flexibility index (Phi) is 6.42. The fourth-order valence-electron chi connectivity index (χ4n) is 2.26. The Hall–Kier alpha value is -3.24. The number of nitrogens with zero attached hydrogens (tertiary/aromatic N) is 2. The van der Waals surface area contributed by atoms with Crippen LogP contribution in [0, 0.1) is 17.1 Å². The average Bonchev–Trinajstić information content (AvgIpc) is 2.61. The molecule has 0 aliphatic rings. The van der Waals surface area contributed by atoms with E-state index in [0.717, 1.165) is 0 Å². The van der Waals surface area contributed by atoms with Crippen molar-refractivity contribution in [3.63, 3.8) is 0 Å². The molecule has 0 aromatic heterocycles. The molecule has 1 atom stereocenters. The molecule has 2 amide bonds. The van der Waals surface area contributed by atoms with Crippen LogP contribution in [-0.4, -0.2) is 36.3 Å². The maximum Gasteiger partial charge on any atom is 0.241 e. The lowest BCUT2D eigenvalue weighted by Crippen LogP contribution is -2.43. The van der Waals surface area contributed by atoms with Crippen LogP contribution >= 0.6 is 0 Å². The predicted molar refractivity (Wildman–Crippen MR) is 96.9 cm³/mol. The Morgan fingerprint density at radius 3 is 2.62 bits per heavy atom. The second-order valence-electron chi connectivity index (χ2n) is 5.80. The second kappa shape index (κ2) is 8.74. The highest BCUT2D eigenvalue weighted by Gasteiger charge is 2.21. The minimum absolute atomic E-state index is 0.0506. The summed E-state index contributed by atoms with van der Waals surface area (Å²) in [5.74, 6) is -1.15. The molecule has 6 nitrogen and oxygen atoms in total. The molecule has 0 saturated heterocycles. The minimum Gasteiger partial charge on any atom is -0.325 e. The van der Waals surface area contributed by atoms with E-state index < -0.39 is 11.9 Å². The molecule has 2 aromatic carbocycles. The summed E-state index contributed by atoms with van der Waals surface area (Å²) < 4.78 is 13.1. The van der Waals surface area contributed by atoms with Gasteiger partial charge in [0, 0.05) is 5.69 Å². The zero-order valence-corrected chi connectivity index (χ0v) is 14.5. The van der Waals surface area contributed by atoms with Crippen molar-refractivity contribution in [3.8, 4) is 6.07 Å². The smallest absolute Gasteiger partial charge is 0.241 e. The summed E-state index contributed by atoms with van der Waals surface area (Å²) in [5.41, 5.74) is 1.13. The summed E-state index contributed by atoms with van der Waals surface area (Å²) in [6, 6.07) is 13.7.